The summed E-state index contributed by atoms with van der Waals surface area (Å²) < 4.78 is 0. The summed E-state index contributed by atoms with van der Waals surface area (Å²) in [7, 11) is 4.28. The van der Waals surface area contributed by atoms with Gasteiger partial charge in [-0.15, -0.1) is 0 Å². The van der Waals surface area contributed by atoms with E-state index in [0.29, 0.717) is 12.0 Å². The van der Waals surface area contributed by atoms with Crippen molar-refractivity contribution in [1.82, 2.24) is 9.88 Å². The molecule has 3 rings (SSSR count). The van der Waals surface area contributed by atoms with Crippen LogP contribution in [0.2, 0.25) is 0 Å². The summed E-state index contributed by atoms with van der Waals surface area (Å²) >= 11 is 0. The number of nitrogens with zero attached hydrogens (tertiary/aromatic N) is 1. The SMILES string of the molecule is CN(C)[C@H]1C[C@H](c2c[nH]c3ccc(NC=O)cc32)C1. The lowest BCUT2D eigenvalue weighted by Crippen LogP contribution is -2.39. The van der Waals surface area contributed by atoms with E-state index in [0.717, 1.165) is 17.6 Å². The Labute approximate surface area is 112 Å². The van der Waals surface area contributed by atoms with Crippen LogP contribution in [0.5, 0.6) is 0 Å². The maximum atomic E-state index is 10.5. The molecule has 19 heavy (non-hydrogen) atoms. The minimum atomic E-state index is 0.632. The molecule has 0 radical (unpaired) electrons. The van der Waals surface area contributed by atoms with E-state index in [9.17, 15) is 4.79 Å². The Morgan fingerprint density at radius 2 is 2.16 bits per heavy atom. The molecule has 1 aromatic carbocycles. The predicted molar refractivity (Wildman–Crippen MR) is 77.4 cm³/mol. The highest BCUT2D eigenvalue weighted by Gasteiger charge is 2.32. The lowest BCUT2D eigenvalue weighted by atomic mass is 9.75. The Morgan fingerprint density at radius 1 is 1.37 bits per heavy atom. The number of nitrogens with one attached hydrogen (secondary N) is 2. The number of rotatable bonds is 4. The molecule has 0 spiro atoms. The second kappa shape index (κ2) is 4.70. The molecule has 1 heterocycles. The lowest BCUT2D eigenvalue weighted by molar-refractivity contribution is -0.105. The van der Waals surface area contributed by atoms with Crippen LogP contribution >= 0.6 is 0 Å². The first kappa shape index (κ1) is 12.2. The highest BCUT2D eigenvalue weighted by Crippen LogP contribution is 2.42. The Hall–Kier alpha value is -1.81. The first-order valence-electron chi connectivity index (χ1n) is 6.66. The Bertz CT molecular complexity index is 596. The second-order valence-corrected chi connectivity index (χ2v) is 5.55. The van der Waals surface area contributed by atoms with Crippen LogP contribution in [0.15, 0.2) is 24.4 Å². The van der Waals surface area contributed by atoms with Gasteiger partial charge in [0.15, 0.2) is 0 Å². The zero-order valence-electron chi connectivity index (χ0n) is 11.3. The molecule has 1 fully saturated rings. The Balaban J connectivity index is 1.88. The number of aromatic amines is 1. The van der Waals surface area contributed by atoms with Gasteiger partial charge in [-0.25, -0.2) is 0 Å². The van der Waals surface area contributed by atoms with Gasteiger partial charge in [0.1, 0.15) is 0 Å². The van der Waals surface area contributed by atoms with Crippen LogP contribution < -0.4 is 5.32 Å². The molecule has 1 saturated carbocycles. The van der Waals surface area contributed by atoms with Gasteiger partial charge in [-0.2, -0.15) is 0 Å². The molecule has 0 aliphatic heterocycles. The van der Waals surface area contributed by atoms with E-state index in [1.54, 1.807) is 0 Å². The van der Waals surface area contributed by atoms with E-state index < -0.39 is 0 Å². The predicted octanol–water partition coefficient (Wildman–Crippen LogP) is 2.54. The van der Waals surface area contributed by atoms with Crippen molar-refractivity contribution in [1.29, 1.82) is 0 Å². The van der Waals surface area contributed by atoms with Gasteiger partial charge in [0.2, 0.25) is 6.41 Å². The molecule has 4 nitrogen and oxygen atoms in total. The van der Waals surface area contributed by atoms with Crippen molar-refractivity contribution in [2.45, 2.75) is 24.8 Å². The monoisotopic (exact) mass is 257 g/mol. The fourth-order valence-corrected chi connectivity index (χ4v) is 2.90. The van der Waals surface area contributed by atoms with E-state index in [2.05, 4.69) is 41.6 Å². The Morgan fingerprint density at radius 3 is 2.84 bits per heavy atom. The first-order chi connectivity index (χ1) is 9.19. The molecule has 1 aromatic heterocycles. The maximum absolute atomic E-state index is 10.5. The van der Waals surface area contributed by atoms with Gasteiger partial charge in [0.05, 0.1) is 0 Å². The molecule has 0 unspecified atom stereocenters. The number of aromatic nitrogens is 1. The van der Waals surface area contributed by atoms with E-state index in [4.69, 9.17) is 0 Å². The third-order valence-corrected chi connectivity index (χ3v) is 4.22. The van der Waals surface area contributed by atoms with Crippen LogP contribution in [0.4, 0.5) is 5.69 Å². The van der Waals surface area contributed by atoms with Crippen LogP contribution in [0.3, 0.4) is 0 Å². The summed E-state index contributed by atoms with van der Waals surface area (Å²) in [6.07, 6.45) is 5.27. The van der Waals surface area contributed by atoms with Gasteiger partial charge in [-0.05, 0) is 56.6 Å². The van der Waals surface area contributed by atoms with Gasteiger partial charge >= 0.3 is 0 Å². The fourth-order valence-electron chi connectivity index (χ4n) is 2.90. The summed E-state index contributed by atoms with van der Waals surface area (Å²) in [5.74, 6) is 0.632. The van der Waals surface area contributed by atoms with E-state index in [1.807, 2.05) is 12.1 Å². The van der Waals surface area contributed by atoms with Crippen molar-refractivity contribution in [2.75, 3.05) is 19.4 Å². The summed E-state index contributed by atoms with van der Waals surface area (Å²) in [5, 5.41) is 3.95. The van der Waals surface area contributed by atoms with Crippen LogP contribution in [-0.2, 0) is 4.79 Å². The van der Waals surface area contributed by atoms with Crippen molar-refractivity contribution >= 4 is 23.0 Å². The molecular weight excluding hydrogens is 238 g/mol. The van der Waals surface area contributed by atoms with Crippen LogP contribution in [0, 0.1) is 0 Å². The smallest absolute Gasteiger partial charge is 0.211 e. The topological polar surface area (TPSA) is 48.1 Å². The van der Waals surface area contributed by atoms with Crippen LogP contribution in [0.1, 0.15) is 24.3 Å². The number of fused-ring (bicyclic) bond motifs is 1. The number of hydrogen-bond acceptors (Lipinski definition) is 2. The van der Waals surface area contributed by atoms with Crippen molar-refractivity contribution in [3.05, 3.63) is 30.0 Å². The molecule has 100 valence electrons. The van der Waals surface area contributed by atoms with Gasteiger partial charge in [0.25, 0.3) is 0 Å². The van der Waals surface area contributed by atoms with Crippen LogP contribution in [0.25, 0.3) is 10.9 Å². The molecule has 0 bridgehead atoms. The van der Waals surface area contributed by atoms with Crippen molar-refractivity contribution < 1.29 is 4.79 Å². The quantitative estimate of drug-likeness (QED) is 0.827. The zero-order valence-corrected chi connectivity index (χ0v) is 11.3. The second-order valence-electron chi connectivity index (χ2n) is 5.55. The molecule has 1 amide bonds. The summed E-state index contributed by atoms with van der Waals surface area (Å²) in [4.78, 5) is 16.1. The van der Waals surface area contributed by atoms with Crippen molar-refractivity contribution in [3.63, 3.8) is 0 Å². The van der Waals surface area contributed by atoms with Gasteiger partial charge in [-0.1, -0.05) is 0 Å². The standard InChI is InChI=1S/C15H19N3O/c1-18(2)12-5-10(6-12)14-8-16-15-4-3-11(17-9-19)7-13(14)15/h3-4,7-10,12,16H,5-6H2,1-2H3,(H,17,19)/t10-,12-. The van der Waals surface area contributed by atoms with E-state index in [-0.39, 0.29) is 0 Å². The van der Waals surface area contributed by atoms with Gasteiger partial charge in [0, 0.05) is 28.8 Å². The molecule has 1 aliphatic carbocycles. The number of carbonyl (C=O) groups is 1. The summed E-state index contributed by atoms with van der Waals surface area (Å²) in [6.45, 7) is 0. The van der Waals surface area contributed by atoms with E-state index in [1.165, 1.54) is 23.8 Å². The molecule has 4 heteroatoms. The largest absolute Gasteiger partial charge is 0.361 e. The minimum Gasteiger partial charge on any atom is -0.361 e. The first-order valence-corrected chi connectivity index (χ1v) is 6.66. The van der Waals surface area contributed by atoms with E-state index >= 15 is 0 Å². The molecular formula is C15H19N3O. The lowest BCUT2D eigenvalue weighted by Gasteiger charge is -2.39. The molecule has 1 aliphatic rings. The van der Waals surface area contributed by atoms with Crippen molar-refractivity contribution in [3.8, 4) is 0 Å². The normalized spacial score (nSPS) is 22.5. The molecule has 2 N–H and O–H groups in total. The number of benzene rings is 1. The molecule has 2 aromatic rings. The number of hydrogen-bond donors (Lipinski definition) is 2. The Kier molecular flexibility index (Phi) is 3.03. The number of carbonyl (C=O) groups excluding carboxylic acids is 1. The van der Waals surface area contributed by atoms with Crippen molar-refractivity contribution in [2.24, 2.45) is 0 Å². The molecule has 0 saturated heterocycles. The third kappa shape index (κ3) is 2.12. The maximum Gasteiger partial charge on any atom is 0.211 e. The number of H-pyrrole nitrogens is 1. The highest BCUT2D eigenvalue weighted by molar-refractivity contribution is 5.89. The zero-order chi connectivity index (χ0) is 13.4. The highest BCUT2D eigenvalue weighted by atomic mass is 16.1. The summed E-state index contributed by atoms with van der Waals surface area (Å²) in [5.41, 5.74) is 3.37. The average Bonchev–Trinajstić information content (AvgIpc) is 2.71. The average molecular weight is 257 g/mol. The van der Waals surface area contributed by atoms with Gasteiger partial charge in [-0.3, -0.25) is 4.79 Å². The number of amides is 1. The number of anilines is 1. The van der Waals surface area contributed by atoms with Crippen LogP contribution in [-0.4, -0.2) is 36.4 Å². The third-order valence-electron chi connectivity index (χ3n) is 4.22. The van der Waals surface area contributed by atoms with Gasteiger partial charge < -0.3 is 15.2 Å². The summed E-state index contributed by atoms with van der Waals surface area (Å²) in [6, 6.07) is 6.69. The fraction of sp³-hybridized carbons (Fsp3) is 0.400. The molecule has 0 atom stereocenters. The minimum absolute atomic E-state index is 0.632.